The average molecular weight is 698 g/mol. The number of rotatable bonds is 11. The van der Waals surface area contributed by atoms with Gasteiger partial charge in [0.2, 0.25) is 0 Å². The number of nitrogens with zero attached hydrogens (tertiary/aromatic N) is 2. The summed E-state index contributed by atoms with van der Waals surface area (Å²) in [4.78, 5) is 32.5. The van der Waals surface area contributed by atoms with Gasteiger partial charge < -0.3 is 23.7 Å². The molecule has 0 bridgehead atoms. The molecular formula is C35H34Cl2N2O7S. The van der Waals surface area contributed by atoms with E-state index in [4.69, 9.17) is 46.9 Å². The van der Waals surface area contributed by atoms with E-state index < -0.39 is 12.0 Å². The van der Waals surface area contributed by atoms with Crippen LogP contribution >= 0.6 is 34.5 Å². The molecule has 3 aromatic carbocycles. The Labute approximate surface area is 286 Å². The standard InChI is InChI=1S/C35H34Cl2N2O7S/c1-7-44-34(41)30-20(4)38-35-39(31(30)23-11-12-26(46-19(2)3)27(17-23)42-5)33(40)29(47-35)16-22-14-25(37)32(28(15-22)43-6)45-18-21-9-8-10-24(36)13-21/h8-17,19,31H,7,18H2,1-6H3/b29-16+/t31-/m0/s1. The van der Waals surface area contributed by atoms with Crippen molar-refractivity contribution in [1.82, 2.24) is 4.57 Å². The SMILES string of the molecule is CCOC(=O)C1=C(C)N=c2s/c(=C/c3cc(Cl)c(OCc4cccc(Cl)c4)c(OC)c3)c(=O)n2[C@H]1c1ccc(OC(C)C)c(OC)c1. The highest BCUT2D eigenvalue weighted by Crippen LogP contribution is 2.38. The quantitative estimate of drug-likeness (QED) is 0.165. The van der Waals surface area contributed by atoms with Crippen LogP contribution in [0.25, 0.3) is 6.08 Å². The third kappa shape index (κ3) is 7.35. The summed E-state index contributed by atoms with van der Waals surface area (Å²) in [5.74, 6) is 1.21. The summed E-state index contributed by atoms with van der Waals surface area (Å²) in [6.07, 6.45) is 1.62. The van der Waals surface area contributed by atoms with E-state index in [1.54, 1.807) is 50.3 Å². The van der Waals surface area contributed by atoms with Gasteiger partial charge in [-0.15, -0.1) is 0 Å². The van der Waals surface area contributed by atoms with Gasteiger partial charge in [0.05, 0.1) is 53.8 Å². The molecule has 1 atom stereocenters. The van der Waals surface area contributed by atoms with Crippen molar-refractivity contribution < 1.29 is 28.5 Å². The minimum Gasteiger partial charge on any atom is -0.493 e. The molecule has 0 fully saturated rings. The first-order valence-corrected chi connectivity index (χ1v) is 16.4. The van der Waals surface area contributed by atoms with Gasteiger partial charge in [-0.1, -0.05) is 52.7 Å². The minimum atomic E-state index is -0.824. The van der Waals surface area contributed by atoms with Crippen molar-refractivity contribution in [1.29, 1.82) is 0 Å². The monoisotopic (exact) mass is 696 g/mol. The molecule has 0 aliphatic carbocycles. The number of allylic oxidation sites excluding steroid dienone is 1. The molecule has 1 aromatic heterocycles. The van der Waals surface area contributed by atoms with Gasteiger partial charge in [-0.05, 0) is 86.9 Å². The summed E-state index contributed by atoms with van der Waals surface area (Å²) in [5, 5.41) is 0.906. The largest absolute Gasteiger partial charge is 0.493 e. The number of aromatic nitrogens is 1. The second-order valence-electron chi connectivity index (χ2n) is 10.8. The van der Waals surface area contributed by atoms with Gasteiger partial charge in [-0.2, -0.15) is 0 Å². The van der Waals surface area contributed by atoms with E-state index in [1.165, 1.54) is 30.1 Å². The van der Waals surface area contributed by atoms with E-state index in [9.17, 15) is 9.59 Å². The number of carbonyl (C=O) groups excluding carboxylic acids is 1. The zero-order chi connectivity index (χ0) is 33.8. The molecule has 12 heteroatoms. The third-order valence-corrected chi connectivity index (χ3v) is 8.70. The Morgan fingerprint density at radius 3 is 2.49 bits per heavy atom. The maximum atomic E-state index is 14.1. The molecule has 1 aliphatic heterocycles. The molecule has 47 heavy (non-hydrogen) atoms. The van der Waals surface area contributed by atoms with Crippen LogP contribution in [0.5, 0.6) is 23.0 Å². The number of halogens is 2. The predicted molar refractivity (Wildman–Crippen MR) is 183 cm³/mol. The second-order valence-corrected chi connectivity index (χ2v) is 12.7. The van der Waals surface area contributed by atoms with Crippen molar-refractivity contribution in [2.75, 3.05) is 20.8 Å². The van der Waals surface area contributed by atoms with E-state index >= 15 is 0 Å². The van der Waals surface area contributed by atoms with Crippen LogP contribution in [-0.4, -0.2) is 37.5 Å². The summed E-state index contributed by atoms with van der Waals surface area (Å²) in [5.41, 5.74) is 2.49. The molecule has 246 valence electrons. The summed E-state index contributed by atoms with van der Waals surface area (Å²) in [7, 11) is 3.05. The number of ether oxygens (including phenoxy) is 5. The van der Waals surface area contributed by atoms with Gasteiger partial charge in [0.25, 0.3) is 5.56 Å². The number of fused-ring (bicyclic) bond motifs is 1. The molecular weight excluding hydrogens is 663 g/mol. The van der Waals surface area contributed by atoms with Crippen molar-refractivity contribution in [3.8, 4) is 23.0 Å². The zero-order valence-electron chi connectivity index (χ0n) is 26.8. The van der Waals surface area contributed by atoms with Crippen LogP contribution in [-0.2, 0) is 16.1 Å². The zero-order valence-corrected chi connectivity index (χ0v) is 29.1. The Morgan fingerprint density at radius 1 is 1.04 bits per heavy atom. The van der Waals surface area contributed by atoms with E-state index in [-0.39, 0.29) is 30.5 Å². The molecule has 0 spiro atoms. The maximum Gasteiger partial charge on any atom is 0.338 e. The number of thiazole rings is 1. The van der Waals surface area contributed by atoms with Crippen LogP contribution in [0.4, 0.5) is 0 Å². The second kappa shape index (κ2) is 14.7. The number of benzene rings is 3. The molecule has 5 rings (SSSR count). The minimum absolute atomic E-state index is 0.0830. The van der Waals surface area contributed by atoms with E-state index in [0.29, 0.717) is 59.2 Å². The van der Waals surface area contributed by atoms with Crippen LogP contribution in [0.3, 0.4) is 0 Å². The molecule has 1 aliphatic rings. The Bertz CT molecular complexity index is 2030. The summed E-state index contributed by atoms with van der Waals surface area (Å²) in [6.45, 7) is 7.69. The fourth-order valence-electron chi connectivity index (χ4n) is 5.21. The van der Waals surface area contributed by atoms with Crippen LogP contribution in [0, 0.1) is 0 Å². The Morgan fingerprint density at radius 2 is 1.81 bits per heavy atom. The molecule has 9 nitrogen and oxygen atoms in total. The Hall–Kier alpha value is -4.25. The first-order chi connectivity index (χ1) is 22.5. The number of hydrogen-bond donors (Lipinski definition) is 0. The Kier molecular flexibility index (Phi) is 10.6. The number of esters is 1. The normalized spacial score (nSPS) is 14.5. The number of carbonyl (C=O) groups is 1. The molecule has 0 amide bonds. The maximum absolute atomic E-state index is 14.1. The van der Waals surface area contributed by atoms with Gasteiger partial charge in [0, 0.05) is 5.02 Å². The summed E-state index contributed by atoms with van der Waals surface area (Å²) < 4.78 is 30.4. The molecule has 4 aromatic rings. The smallest absolute Gasteiger partial charge is 0.338 e. The molecule has 2 heterocycles. The van der Waals surface area contributed by atoms with Crippen LogP contribution in [0.1, 0.15) is 50.4 Å². The van der Waals surface area contributed by atoms with Crippen molar-refractivity contribution in [2.45, 2.75) is 46.4 Å². The predicted octanol–water partition coefficient (Wildman–Crippen LogP) is 6.49. The number of methoxy groups -OCH3 is 2. The fourth-order valence-corrected chi connectivity index (χ4v) is 6.74. The third-order valence-electron chi connectivity index (χ3n) is 7.20. The van der Waals surface area contributed by atoms with E-state index in [0.717, 1.165) is 5.56 Å². The van der Waals surface area contributed by atoms with Crippen molar-refractivity contribution in [2.24, 2.45) is 4.99 Å². The lowest BCUT2D eigenvalue weighted by Gasteiger charge is -2.25. The first kappa shape index (κ1) is 34.1. The highest BCUT2D eigenvalue weighted by atomic mass is 35.5. The van der Waals surface area contributed by atoms with Gasteiger partial charge in [0.1, 0.15) is 6.61 Å². The van der Waals surface area contributed by atoms with E-state index in [1.807, 2.05) is 38.1 Å². The molecule has 0 saturated carbocycles. The highest BCUT2D eigenvalue weighted by molar-refractivity contribution is 7.07. The molecule has 0 unspecified atom stereocenters. The van der Waals surface area contributed by atoms with E-state index in [2.05, 4.69) is 4.99 Å². The highest BCUT2D eigenvalue weighted by Gasteiger charge is 2.34. The van der Waals surface area contributed by atoms with Gasteiger partial charge in [-0.25, -0.2) is 9.79 Å². The molecule has 0 saturated heterocycles. The summed E-state index contributed by atoms with van der Waals surface area (Å²) >= 11 is 14.0. The lowest BCUT2D eigenvalue weighted by Crippen LogP contribution is -2.40. The first-order valence-electron chi connectivity index (χ1n) is 14.8. The van der Waals surface area contributed by atoms with Gasteiger partial charge in [0.15, 0.2) is 27.8 Å². The lowest BCUT2D eigenvalue weighted by atomic mass is 9.95. The average Bonchev–Trinajstić information content (AvgIpc) is 3.33. The topological polar surface area (TPSA) is 97.6 Å². The van der Waals surface area contributed by atoms with Crippen LogP contribution in [0.15, 0.2) is 75.7 Å². The van der Waals surface area contributed by atoms with Crippen LogP contribution < -0.4 is 33.8 Å². The van der Waals surface area contributed by atoms with Crippen molar-refractivity contribution >= 4 is 46.6 Å². The van der Waals surface area contributed by atoms with Gasteiger partial charge >= 0.3 is 5.97 Å². The molecule has 0 radical (unpaired) electrons. The van der Waals surface area contributed by atoms with Crippen molar-refractivity contribution in [3.05, 3.63) is 112 Å². The fraction of sp³-hybridized carbons (Fsp3) is 0.286. The summed E-state index contributed by atoms with van der Waals surface area (Å²) in [6, 6.07) is 15.3. The van der Waals surface area contributed by atoms with Gasteiger partial charge in [-0.3, -0.25) is 9.36 Å². The van der Waals surface area contributed by atoms with Crippen molar-refractivity contribution in [3.63, 3.8) is 0 Å². The lowest BCUT2D eigenvalue weighted by molar-refractivity contribution is -0.139. The number of hydrogen-bond acceptors (Lipinski definition) is 9. The molecule has 0 N–H and O–H groups in total. The Balaban J connectivity index is 1.60. The van der Waals surface area contributed by atoms with Crippen LogP contribution in [0.2, 0.25) is 10.0 Å².